The van der Waals surface area contributed by atoms with Gasteiger partial charge in [0.15, 0.2) is 0 Å². The Hall–Kier alpha value is -1.99. The highest BCUT2D eigenvalue weighted by atomic mass is 16.5. The van der Waals surface area contributed by atoms with Crippen LogP contribution in [0.1, 0.15) is 26.7 Å². The van der Waals surface area contributed by atoms with Gasteiger partial charge < -0.3 is 25.4 Å². The van der Waals surface area contributed by atoms with Crippen LogP contribution in [0.5, 0.6) is 0 Å². The number of nitrogens with one attached hydrogen (secondary N) is 2. The number of carbonyl (C=O) groups excluding carboxylic acids is 2. The second kappa shape index (κ2) is 7.70. The number of ether oxygens (including phenoxy) is 1. The Balaban J connectivity index is 2.52. The number of amides is 3. The van der Waals surface area contributed by atoms with Gasteiger partial charge in [-0.1, -0.05) is 20.3 Å². The highest BCUT2D eigenvalue weighted by Gasteiger charge is 2.31. The van der Waals surface area contributed by atoms with Gasteiger partial charge in [0.05, 0.1) is 13.2 Å². The van der Waals surface area contributed by atoms with E-state index in [1.165, 1.54) is 12.0 Å². The number of hydrogen-bond acceptors (Lipinski definition) is 4. The third-order valence-electron chi connectivity index (χ3n) is 3.74. The van der Waals surface area contributed by atoms with Crippen molar-refractivity contribution in [3.8, 4) is 0 Å². The van der Waals surface area contributed by atoms with E-state index in [4.69, 9.17) is 5.11 Å². The molecule has 1 fully saturated rings. The number of carboxylic acids is 1. The average Bonchev–Trinajstić information content (AvgIpc) is 2.91. The Kier molecular flexibility index (Phi) is 6.26. The first-order valence-electron chi connectivity index (χ1n) is 7.01. The highest BCUT2D eigenvalue weighted by molar-refractivity contribution is 5.83. The van der Waals surface area contributed by atoms with Crippen molar-refractivity contribution < 1.29 is 24.2 Å². The zero-order chi connectivity index (χ0) is 16.0. The maximum atomic E-state index is 12.1. The van der Waals surface area contributed by atoms with E-state index in [1.54, 1.807) is 6.92 Å². The van der Waals surface area contributed by atoms with Crippen LogP contribution in [0.4, 0.5) is 9.59 Å². The number of carboxylic acid groups (broad SMARTS) is 1. The summed E-state index contributed by atoms with van der Waals surface area (Å²) in [4.78, 5) is 35.9. The zero-order valence-corrected chi connectivity index (χ0v) is 12.6. The predicted molar refractivity (Wildman–Crippen MR) is 74.9 cm³/mol. The molecule has 0 saturated carbocycles. The highest BCUT2D eigenvalue weighted by Crippen LogP contribution is 2.12. The molecule has 3 atom stereocenters. The van der Waals surface area contributed by atoms with Crippen LogP contribution >= 0.6 is 0 Å². The SMILES string of the molecule is CCC(C)C(NC(=O)N1CCC(NC(=O)OC)C1)C(=O)O. The minimum atomic E-state index is -1.04. The third-order valence-corrected chi connectivity index (χ3v) is 3.74. The Bertz CT molecular complexity index is 401. The lowest BCUT2D eigenvalue weighted by molar-refractivity contribution is -0.140. The van der Waals surface area contributed by atoms with E-state index in [1.807, 2.05) is 6.92 Å². The van der Waals surface area contributed by atoms with Crippen LogP contribution in [0.25, 0.3) is 0 Å². The van der Waals surface area contributed by atoms with Crippen molar-refractivity contribution in [1.82, 2.24) is 15.5 Å². The lowest BCUT2D eigenvalue weighted by atomic mass is 9.99. The van der Waals surface area contributed by atoms with Gasteiger partial charge in [-0.3, -0.25) is 0 Å². The van der Waals surface area contributed by atoms with Gasteiger partial charge in [0, 0.05) is 13.1 Å². The van der Waals surface area contributed by atoms with Crippen LogP contribution in [0.3, 0.4) is 0 Å². The summed E-state index contributed by atoms with van der Waals surface area (Å²) in [6.45, 7) is 4.46. The largest absolute Gasteiger partial charge is 0.480 e. The first kappa shape index (κ1) is 17.1. The molecule has 0 spiro atoms. The number of nitrogens with zero attached hydrogens (tertiary/aromatic N) is 1. The molecule has 0 bridgehead atoms. The van der Waals surface area contributed by atoms with Gasteiger partial charge in [-0.25, -0.2) is 14.4 Å². The summed E-state index contributed by atoms with van der Waals surface area (Å²) in [6, 6.07) is -1.50. The van der Waals surface area contributed by atoms with E-state index in [9.17, 15) is 14.4 Å². The molecule has 0 aliphatic carbocycles. The summed E-state index contributed by atoms with van der Waals surface area (Å²) in [5.74, 6) is -1.20. The van der Waals surface area contributed by atoms with Gasteiger partial charge in [-0.05, 0) is 12.3 Å². The first-order valence-corrected chi connectivity index (χ1v) is 7.01. The number of likely N-dealkylation sites (tertiary alicyclic amines) is 1. The van der Waals surface area contributed by atoms with Crippen molar-refractivity contribution in [1.29, 1.82) is 0 Å². The number of methoxy groups -OCH3 is 1. The van der Waals surface area contributed by atoms with E-state index in [2.05, 4.69) is 15.4 Å². The Morgan fingerprint density at radius 2 is 2.10 bits per heavy atom. The Morgan fingerprint density at radius 1 is 1.43 bits per heavy atom. The first-order chi connectivity index (χ1) is 9.88. The molecule has 0 aromatic heterocycles. The van der Waals surface area contributed by atoms with Crippen molar-refractivity contribution in [2.45, 2.75) is 38.8 Å². The molecule has 3 unspecified atom stereocenters. The second-order valence-electron chi connectivity index (χ2n) is 5.22. The van der Waals surface area contributed by atoms with Crippen LogP contribution in [-0.2, 0) is 9.53 Å². The molecule has 0 aromatic rings. The van der Waals surface area contributed by atoms with Crippen molar-refractivity contribution in [3.05, 3.63) is 0 Å². The van der Waals surface area contributed by atoms with Crippen molar-refractivity contribution in [3.63, 3.8) is 0 Å². The van der Waals surface area contributed by atoms with Gasteiger partial charge in [0.25, 0.3) is 0 Å². The molecule has 8 nitrogen and oxygen atoms in total. The fourth-order valence-corrected chi connectivity index (χ4v) is 2.20. The predicted octanol–water partition coefficient (Wildman–Crippen LogP) is 0.626. The second-order valence-corrected chi connectivity index (χ2v) is 5.22. The maximum Gasteiger partial charge on any atom is 0.407 e. The number of hydrogen-bond donors (Lipinski definition) is 3. The molecule has 1 heterocycles. The van der Waals surface area contributed by atoms with Crippen LogP contribution in [-0.4, -0.2) is 60.4 Å². The van der Waals surface area contributed by atoms with Gasteiger partial charge in [0.1, 0.15) is 6.04 Å². The minimum Gasteiger partial charge on any atom is -0.480 e. The summed E-state index contributed by atoms with van der Waals surface area (Å²) < 4.78 is 4.50. The van der Waals surface area contributed by atoms with E-state index in [-0.39, 0.29) is 12.0 Å². The van der Waals surface area contributed by atoms with Crippen molar-refractivity contribution >= 4 is 18.1 Å². The standard InChI is InChI=1S/C13H23N3O5/c1-4-8(2)10(11(17)18)15-12(19)16-6-5-9(7-16)14-13(20)21-3/h8-10H,4-7H2,1-3H3,(H,14,20)(H,15,19)(H,17,18). The summed E-state index contributed by atoms with van der Waals surface area (Å²) in [5.41, 5.74) is 0. The molecule has 0 radical (unpaired) electrons. The molecule has 21 heavy (non-hydrogen) atoms. The van der Waals surface area contributed by atoms with Gasteiger partial charge in [0.2, 0.25) is 0 Å². The number of alkyl carbamates (subject to hydrolysis) is 1. The molecule has 3 N–H and O–H groups in total. The molecule has 1 aliphatic heterocycles. The number of rotatable bonds is 5. The lowest BCUT2D eigenvalue weighted by Crippen LogP contribution is -2.50. The average molecular weight is 301 g/mol. The van der Waals surface area contributed by atoms with Gasteiger partial charge >= 0.3 is 18.1 Å². The molecule has 1 aliphatic rings. The Morgan fingerprint density at radius 3 is 2.62 bits per heavy atom. The summed E-state index contributed by atoms with van der Waals surface area (Å²) in [6.07, 6.45) is 0.734. The van der Waals surface area contributed by atoms with E-state index in [0.29, 0.717) is 25.9 Å². The number of aliphatic carboxylic acids is 1. The Labute approximate surface area is 123 Å². The van der Waals surface area contributed by atoms with E-state index in [0.717, 1.165) is 0 Å². The summed E-state index contributed by atoms with van der Waals surface area (Å²) >= 11 is 0. The maximum absolute atomic E-state index is 12.1. The monoisotopic (exact) mass is 301 g/mol. The zero-order valence-electron chi connectivity index (χ0n) is 12.6. The number of carbonyl (C=O) groups is 3. The van der Waals surface area contributed by atoms with Gasteiger partial charge in [-0.15, -0.1) is 0 Å². The van der Waals surface area contributed by atoms with Crippen LogP contribution in [0.15, 0.2) is 0 Å². The molecule has 0 aromatic carbocycles. The molecule has 3 amide bonds. The molecule has 1 rings (SSSR count). The number of urea groups is 1. The fourth-order valence-electron chi connectivity index (χ4n) is 2.20. The molecule has 120 valence electrons. The molecule has 8 heteroatoms. The summed E-state index contributed by atoms with van der Waals surface area (Å²) in [5, 5.41) is 14.3. The molecular formula is C13H23N3O5. The fraction of sp³-hybridized carbons (Fsp3) is 0.769. The van der Waals surface area contributed by atoms with Gasteiger partial charge in [-0.2, -0.15) is 0 Å². The van der Waals surface area contributed by atoms with Crippen LogP contribution < -0.4 is 10.6 Å². The lowest BCUT2D eigenvalue weighted by Gasteiger charge is -2.24. The van der Waals surface area contributed by atoms with Crippen molar-refractivity contribution in [2.75, 3.05) is 20.2 Å². The minimum absolute atomic E-state index is 0.155. The molecule has 1 saturated heterocycles. The summed E-state index contributed by atoms with van der Waals surface area (Å²) in [7, 11) is 1.28. The van der Waals surface area contributed by atoms with Crippen molar-refractivity contribution in [2.24, 2.45) is 5.92 Å². The normalized spacial score (nSPS) is 20.5. The smallest absolute Gasteiger partial charge is 0.407 e. The molecular weight excluding hydrogens is 278 g/mol. The van der Waals surface area contributed by atoms with E-state index < -0.39 is 24.1 Å². The van der Waals surface area contributed by atoms with Crippen LogP contribution in [0.2, 0.25) is 0 Å². The quantitative estimate of drug-likeness (QED) is 0.690. The van der Waals surface area contributed by atoms with E-state index >= 15 is 0 Å². The van der Waals surface area contributed by atoms with Crippen LogP contribution in [0, 0.1) is 5.92 Å². The third kappa shape index (κ3) is 4.80. The topological polar surface area (TPSA) is 108 Å².